The zero-order chi connectivity index (χ0) is 19.4. The maximum atomic E-state index is 12.6. The van der Waals surface area contributed by atoms with E-state index in [1.54, 1.807) is 31.2 Å². The molecule has 0 aliphatic carbocycles. The molecule has 1 amide bonds. The molecule has 0 fully saturated rings. The third-order valence-electron chi connectivity index (χ3n) is 4.17. The highest BCUT2D eigenvalue weighted by molar-refractivity contribution is 6.30. The van der Waals surface area contributed by atoms with Crippen LogP contribution in [0, 0.1) is 13.8 Å². The third kappa shape index (κ3) is 4.83. The van der Waals surface area contributed by atoms with Gasteiger partial charge in [-0.25, -0.2) is 9.97 Å². The van der Waals surface area contributed by atoms with E-state index in [0.717, 1.165) is 11.1 Å². The van der Waals surface area contributed by atoms with Gasteiger partial charge in [0.25, 0.3) is 5.91 Å². The molecule has 5 nitrogen and oxygen atoms in total. The highest BCUT2D eigenvalue weighted by Crippen LogP contribution is 2.21. The number of rotatable bonds is 5. The number of nitrogens with zero attached hydrogens (tertiary/aromatic N) is 2. The van der Waals surface area contributed by atoms with Crippen molar-refractivity contribution >= 4 is 29.0 Å². The molecule has 27 heavy (non-hydrogen) atoms. The van der Waals surface area contributed by atoms with Crippen LogP contribution >= 0.6 is 11.6 Å². The Morgan fingerprint density at radius 3 is 2.48 bits per heavy atom. The number of benzene rings is 2. The normalized spacial score (nSPS) is 11.7. The first-order valence-corrected chi connectivity index (χ1v) is 9.05. The Kier molecular flexibility index (Phi) is 5.72. The van der Waals surface area contributed by atoms with Crippen molar-refractivity contribution in [2.24, 2.45) is 0 Å². The van der Waals surface area contributed by atoms with Crippen LogP contribution in [0.1, 0.15) is 40.4 Å². The number of anilines is 2. The van der Waals surface area contributed by atoms with Crippen LogP contribution in [0.25, 0.3) is 0 Å². The van der Waals surface area contributed by atoms with E-state index in [-0.39, 0.29) is 11.9 Å². The van der Waals surface area contributed by atoms with Crippen molar-refractivity contribution in [2.75, 3.05) is 10.6 Å². The molecule has 1 atom stereocenters. The second-order valence-corrected chi connectivity index (χ2v) is 6.81. The lowest BCUT2D eigenvalue weighted by molar-refractivity contribution is 0.102. The molecule has 138 valence electrons. The monoisotopic (exact) mass is 380 g/mol. The van der Waals surface area contributed by atoms with Gasteiger partial charge in [-0.2, -0.15) is 0 Å². The van der Waals surface area contributed by atoms with Crippen LogP contribution in [0.4, 0.5) is 11.5 Å². The van der Waals surface area contributed by atoms with Gasteiger partial charge in [-0.3, -0.25) is 4.79 Å². The average molecular weight is 381 g/mol. The van der Waals surface area contributed by atoms with Crippen LogP contribution in [-0.4, -0.2) is 15.9 Å². The Morgan fingerprint density at radius 2 is 1.78 bits per heavy atom. The largest absolute Gasteiger partial charge is 0.363 e. The molecule has 2 aromatic carbocycles. The van der Waals surface area contributed by atoms with Crippen molar-refractivity contribution in [1.82, 2.24) is 9.97 Å². The predicted molar refractivity (Wildman–Crippen MR) is 109 cm³/mol. The quantitative estimate of drug-likeness (QED) is 0.640. The molecule has 1 unspecified atom stereocenters. The zero-order valence-corrected chi connectivity index (χ0v) is 16.2. The van der Waals surface area contributed by atoms with Gasteiger partial charge in [-0.15, -0.1) is 0 Å². The van der Waals surface area contributed by atoms with Crippen molar-refractivity contribution in [2.45, 2.75) is 26.8 Å². The van der Waals surface area contributed by atoms with E-state index in [9.17, 15) is 4.79 Å². The third-order valence-corrected chi connectivity index (χ3v) is 4.41. The lowest BCUT2D eigenvalue weighted by Gasteiger charge is -2.16. The van der Waals surface area contributed by atoms with Gasteiger partial charge in [0, 0.05) is 22.8 Å². The number of carbonyl (C=O) groups excluding carboxylic acids is 1. The minimum Gasteiger partial charge on any atom is -0.363 e. The van der Waals surface area contributed by atoms with E-state index >= 15 is 0 Å². The highest BCUT2D eigenvalue weighted by atomic mass is 35.5. The molecular weight excluding hydrogens is 360 g/mol. The topological polar surface area (TPSA) is 66.9 Å². The van der Waals surface area contributed by atoms with Crippen LogP contribution in [-0.2, 0) is 0 Å². The van der Waals surface area contributed by atoms with Gasteiger partial charge in [0.05, 0.1) is 0 Å². The van der Waals surface area contributed by atoms with Crippen LogP contribution in [0.2, 0.25) is 5.02 Å². The molecule has 1 heterocycles. The Hall–Kier alpha value is -2.92. The van der Waals surface area contributed by atoms with E-state index < -0.39 is 0 Å². The van der Waals surface area contributed by atoms with Gasteiger partial charge in [0.2, 0.25) is 0 Å². The first-order chi connectivity index (χ1) is 12.9. The SMILES string of the molecule is Cc1nc(NC(C)c2ccccc2)cc(C(=O)Nc2ccc(Cl)cc2C)n1. The molecule has 0 saturated heterocycles. The molecule has 0 aliphatic rings. The maximum absolute atomic E-state index is 12.6. The van der Waals surface area contributed by atoms with Gasteiger partial charge in [-0.05, 0) is 50.1 Å². The fourth-order valence-electron chi connectivity index (χ4n) is 2.76. The molecule has 3 rings (SSSR count). The van der Waals surface area contributed by atoms with Gasteiger partial charge in [0.15, 0.2) is 0 Å². The fourth-order valence-corrected chi connectivity index (χ4v) is 2.99. The Bertz CT molecular complexity index is 960. The lowest BCUT2D eigenvalue weighted by Crippen LogP contribution is -2.17. The van der Waals surface area contributed by atoms with Crippen LogP contribution in [0.15, 0.2) is 54.6 Å². The molecule has 0 aliphatic heterocycles. The van der Waals surface area contributed by atoms with E-state index in [4.69, 9.17) is 11.6 Å². The number of nitrogens with one attached hydrogen (secondary N) is 2. The molecular formula is C21H21ClN4O. The summed E-state index contributed by atoms with van der Waals surface area (Å²) in [7, 11) is 0. The van der Waals surface area contributed by atoms with Gasteiger partial charge in [-0.1, -0.05) is 41.9 Å². The lowest BCUT2D eigenvalue weighted by atomic mass is 10.1. The van der Waals surface area contributed by atoms with Crippen molar-refractivity contribution in [3.05, 3.63) is 82.3 Å². The van der Waals surface area contributed by atoms with Crippen molar-refractivity contribution in [3.63, 3.8) is 0 Å². The molecule has 0 saturated carbocycles. The number of aromatic nitrogens is 2. The number of amides is 1. The predicted octanol–water partition coefficient (Wildman–Crippen LogP) is 5.17. The minimum absolute atomic E-state index is 0.0509. The summed E-state index contributed by atoms with van der Waals surface area (Å²) in [5.74, 6) is 0.844. The summed E-state index contributed by atoms with van der Waals surface area (Å²) in [5.41, 5.74) is 3.03. The Balaban J connectivity index is 1.79. The summed E-state index contributed by atoms with van der Waals surface area (Å²) in [6.45, 7) is 5.70. The Labute approximate surface area is 163 Å². The zero-order valence-electron chi connectivity index (χ0n) is 15.5. The maximum Gasteiger partial charge on any atom is 0.274 e. The summed E-state index contributed by atoms with van der Waals surface area (Å²) >= 11 is 5.97. The first-order valence-electron chi connectivity index (χ1n) is 8.67. The number of aryl methyl sites for hydroxylation is 2. The number of carbonyl (C=O) groups is 1. The molecule has 6 heteroatoms. The minimum atomic E-state index is -0.290. The fraction of sp³-hybridized carbons (Fsp3) is 0.190. The smallest absolute Gasteiger partial charge is 0.274 e. The van der Waals surface area contributed by atoms with Crippen LogP contribution in [0.5, 0.6) is 0 Å². The van der Waals surface area contributed by atoms with E-state index in [1.807, 2.05) is 44.2 Å². The van der Waals surface area contributed by atoms with Crippen molar-refractivity contribution in [1.29, 1.82) is 0 Å². The summed E-state index contributed by atoms with van der Waals surface area (Å²) in [6, 6.07) is 17.1. The number of hydrogen-bond acceptors (Lipinski definition) is 4. The van der Waals surface area contributed by atoms with Crippen LogP contribution in [0.3, 0.4) is 0 Å². The molecule has 1 aromatic heterocycles. The summed E-state index contributed by atoms with van der Waals surface area (Å²) in [4.78, 5) is 21.3. The second-order valence-electron chi connectivity index (χ2n) is 6.38. The average Bonchev–Trinajstić information content (AvgIpc) is 2.64. The first kappa shape index (κ1) is 18.9. The van der Waals surface area contributed by atoms with Crippen LogP contribution < -0.4 is 10.6 Å². The second kappa shape index (κ2) is 8.18. The molecule has 0 radical (unpaired) electrons. The number of hydrogen-bond donors (Lipinski definition) is 2. The molecule has 0 spiro atoms. The van der Waals surface area contributed by atoms with Crippen molar-refractivity contribution < 1.29 is 4.79 Å². The summed E-state index contributed by atoms with van der Waals surface area (Å²) < 4.78 is 0. The van der Waals surface area contributed by atoms with E-state index in [1.165, 1.54) is 0 Å². The summed E-state index contributed by atoms with van der Waals surface area (Å²) in [6.07, 6.45) is 0. The van der Waals surface area contributed by atoms with Gasteiger partial charge in [0.1, 0.15) is 17.3 Å². The Morgan fingerprint density at radius 1 is 1.04 bits per heavy atom. The van der Waals surface area contributed by atoms with E-state index in [0.29, 0.717) is 28.0 Å². The summed E-state index contributed by atoms with van der Waals surface area (Å²) in [5, 5.41) is 6.84. The molecule has 3 aromatic rings. The molecule has 2 N–H and O–H groups in total. The molecule has 0 bridgehead atoms. The standard InChI is InChI=1S/C21H21ClN4O/c1-13-11-17(22)9-10-18(13)26-21(27)19-12-20(25-15(3)24-19)23-14(2)16-7-5-4-6-8-16/h4-12,14H,1-3H3,(H,26,27)(H,23,24,25). The van der Waals surface area contributed by atoms with Gasteiger partial charge < -0.3 is 10.6 Å². The van der Waals surface area contributed by atoms with Gasteiger partial charge >= 0.3 is 0 Å². The van der Waals surface area contributed by atoms with E-state index in [2.05, 4.69) is 20.6 Å². The van der Waals surface area contributed by atoms with Crippen molar-refractivity contribution in [3.8, 4) is 0 Å². The number of halogens is 1. The highest BCUT2D eigenvalue weighted by Gasteiger charge is 2.14.